The van der Waals surface area contributed by atoms with Gasteiger partial charge < -0.3 is 18.9 Å². The number of amides is 1. The van der Waals surface area contributed by atoms with Crippen molar-refractivity contribution in [1.29, 1.82) is 0 Å². The molecule has 0 saturated carbocycles. The van der Waals surface area contributed by atoms with Crippen LogP contribution < -0.4 is 5.32 Å². The van der Waals surface area contributed by atoms with Crippen LogP contribution in [-0.2, 0) is 23.2 Å². The van der Waals surface area contributed by atoms with Gasteiger partial charge in [0.15, 0.2) is 15.1 Å². The van der Waals surface area contributed by atoms with Crippen LogP contribution in [0.4, 0.5) is 0 Å². The van der Waals surface area contributed by atoms with E-state index in [4.69, 9.17) is 13.6 Å². The minimum atomic E-state index is -1.92. The van der Waals surface area contributed by atoms with Crippen molar-refractivity contribution in [2.75, 3.05) is 13.3 Å². The second kappa shape index (κ2) is 26.2. The third kappa shape index (κ3) is 22.3. The standard InChI is InChI=1S/C34H65NO5Si2/c1-9-13-16-19-29(5)22-23-30(6)31(20-17-14-15-18-21-34(37)38-28-39-41-25-11-3)32(27-33(36)35-24-10-2)40-42(7,8)26-12-4/h14,17,22-23,29-32H,9-13,15-16,18-21,24-28H2,1-8H3,(H,35,36)/b17-14-,23-22+/t29?,30?,31-,32-/m1/s1. The van der Waals surface area contributed by atoms with E-state index in [1.54, 1.807) is 0 Å². The number of rotatable bonds is 27. The predicted octanol–water partition coefficient (Wildman–Crippen LogP) is 9.01. The van der Waals surface area contributed by atoms with E-state index in [0.29, 0.717) is 35.1 Å². The van der Waals surface area contributed by atoms with E-state index >= 15 is 0 Å². The lowest BCUT2D eigenvalue weighted by atomic mass is 9.83. The lowest BCUT2D eigenvalue weighted by molar-refractivity contribution is -0.150. The molecule has 0 aliphatic carbocycles. The molecule has 0 aliphatic heterocycles. The highest BCUT2D eigenvalue weighted by Crippen LogP contribution is 2.31. The van der Waals surface area contributed by atoms with Crippen LogP contribution in [-0.4, -0.2) is 49.4 Å². The lowest BCUT2D eigenvalue weighted by Gasteiger charge is -2.36. The maximum atomic E-state index is 12.9. The quantitative estimate of drug-likeness (QED) is 0.0325. The number of unbranched alkanes of at least 4 members (excludes halogenated alkanes) is 3. The van der Waals surface area contributed by atoms with Crippen LogP contribution in [0, 0.1) is 17.8 Å². The molecule has 0 heterocycles. The first-order valence-electron chi connectivity index (χ1n) is 16.9. The van der Waals surface area contributed by atoms with Gasteiger partial charge in [-0.25, -0.2) is 0 Å². The second-order valence-electron chi connectivity index (χ2n) is 12.4. The molecule has 6 nitrogen and oxygen atoms in total. The van der Waals surface area contributed by atoms with Gasteiger partial charge in [0.2, 0.25) is 15.7 Å². The molecule has 0 aromatic rings. The van der Waals surface area contributed by atoms with Crippen LogP contribution in [0.25, 0.3) is 0 Å². The Labute approximate surface area is 263 Å². The molecule has 0 aliphatic rings. The first-order valence-corrected chi connectivity index (χ1v) is 21.1. The lowest BCUT2D eigenvalue weighted by Crippen LogP contribution is -2.43. The summed E-state index contributed by atoms with van der Waals surface area (Å²) < 4.78 is 17.4. The highest BCUT2D eigenvalue weighted by Gasteiger charge is 2.33. The van der Waals surface area contributed by atoms with Crippen molar-refractivity contribution in [3.05, 3.63) is 24.3 Å². The summed E-state index contributed by atoms with van der Waals surface area (Å²) in [6.07, 6.45) is 20.3. The van der Waals surface area contributed by atoms with Gasteiger partial charge in [-0.2, -0.15) is 0 Å². The van der Waals surface area contributed by atoms with Crippen LogP contribution in [0.5, 0.6) is 0 Å². The molecule has 0 aromatic carbocycles. The molecule has 1 amide bonds. The molecule has 0 bridgehead atoms. The van der Waals surface area contributed by atoms with Crippen LogP contribution in [0.15, 0.2) is 24.3 Å². The summed E-state index contributed by atoms with van der Waals surface area (Å²) in [6.45, 7) is 18.6. The van der Waals surface area contributed by atoms with Crippen molar-refractivity contribution in [3.63, 3.8) is 0 Å². The fourth-order valence-corrected chi connectivity index (χ4v) is 7.90. The van der Waals surface area contributed by atoms with Gasteiger partial charge in [-0.3, -0.25) is 9.59 Å². The smallest absolute Gasteiger partial charge is 0.307 e. The summed E-state index contributed by atoms with van der Waals surface area (Å²) in [5.41, 5.74) is 0. The summed E-state index contributed by atoms with van der Waals surface area (Å²) in [6, 6.07) is 2.09. The van der Waals surface area contributed by atoms with Crippen molar-refractivity contribution in [1.82, 2.24) is 5.32 Å². The van der Waals surface area contributed by atoms with E-state index in [1.165, 1.54) is 25.7 Å². The molecule has 4 atom stereocenters. The van der Waals surface area contributed by atoms with Crippen LogP contribution in [0.1, 0.15) is 119 Å². The average Bonchev–Trinajstić information content (AvgIpc) is 2.94. The summed E-state index contributed by atoms with van der Waals surface area (Å²) in [5, 5.41) is 3.08. The molecular formula is C34H65NO5Si2. The molecule has 1 N–H and O–H groups in total. The highest BCUT2D eigenvalue weighted by molar-refractivity contribution is 6.71. The molecule has 8 heteroatoms. The largest absolute Gasteiger partial charge is 0.439 e. The molecule has 244 valence electrons. The van der Waals surface area contributed by atoms with E-state index in [2.05, 4.69) is 84.3 Å². The van der Waals surface area contributed by atoms with Gasteiger partial charge >= 0.3 is 5.97 Å². The van der Waals surface area contributed by atoms with Gasteiger partial charge in [0.1, 0.15) is 0 Å². The zero-order valence-electron chi connectivity index (χ0n) is 28.5. The second-order valence-corrected chi connectivity index (χ2v) is 17.7. The minimum absolute atomic E-state index is 0.0579. The maximum absolute atomic E-state index is 12.9. The van der Waals surface area contributed by atoms with Crippen molar-refractivity contribution in [3.8, 4) is 0 Å². The van der Waals surface area contributed by atoms with Crippen molar-refractivity contribution >= 4 is 30.0 Å². The summed E-state index contributed by atoms with van der Waals surface area (Å²) in [4.78, 5) is 24.9. The third-order valence-corrected chi connectivity index (χ3v) is 11.2. The first-order chi connectivity index (χ1) is 20.1. The summed E-state index contributed by atoms with van der Waals surface area (Å²) >= 11 is 0. The summed E-state index contributed by atoms with van der Waals surface area (Å²) in [5.74, 6) is 0.901. The molecular weight excluding hydrogens is 559 g/mol. The first kappa shape index (κ1) is 40.8. The van der Waals surface area contributed by atoms with E-state index in [9.17, 15) is 9.59 Å². The van der Waals surface area contributed by atoms with Crippen LogP contribution >= 0.6 is 0 Å². The van der Waals surface area contributed by atoms with Gasteiger partial charge in [-0.1, -0.05) is 98.0 Å². The SMILES string of the molecule is CCCCCC(C)/C=C/C(C)[C@@H](C/C=C\CCCC(=O)OCO[Si]CCC)[C@@H](CC(=O)NCCC)O[Si](C)(C)CCC. The monoisotopic (exact) mass is 623 g/mol. The molecule has 0 rings (SSSR count). The number of ether oxygens (including phenoxy) is 1. The highest BCUT2D eigenvalue weighted by atomic mass is 28.4. The average molecular weight is 624 g/mol. The molecule has 0 spiro atoms. The van der Waals surface area contributed by atoms with Gasteiger partial charge in [0.05, 0.1) is 12.5 Å². The number of hydrogen-bond donors (Lipinski definition) is 1. The van der Waals surface area contributed by atoms with Crippen LogP contribution in [0.3, 0.4) is 0 Å². The Bertz CT molecular complexity index is 743. The van der Waals surface area contributed by atoms with E-state index in [0.717, 1.165) is 50.6 Å². The van der Waals surface area contributed by atoms with Crippen LogP contribution in [0.2, 0.25) is 25.2 Å². The van der Waals surface area contributed by atoms with E-state index < -0.39 is 8.32 Å². The number of nitrogens with one attached hydrogen (secondary N) is 1. The van der Waals surface area contributed by atoms with Gasteiger partial charge in [-0.05, 0) is 75.0 Å². The van der Waals surface area contributed by atoms with Crippen molar-refractivity contribution in [2.24, 2.45) is 17.8 Å². The fourth-order valence-electron chi connectivity index (χ4n) is 5.01. The zero-order valence-corrected chi connectivity index (χ0v) is 30.5. The topological polar surface area (TPSA) is 73.9 Å². The molecule has 0 aromatic heterocycles. The Morgan fingerprint density at radius 3 is 2.36 bits per heavy atom. The third-order valence-electron chi connectivity index (χ3n) is 7.50. The summed E-state index contributed by atoms with van der Waals surface area (Å²) in [7, 11) is -1.53. The van der Waals surface area contributed by atoms with Gasteiger partial charge in [0, 0.05) is 13.0 Å². The fraction of sp³-hybridized carbons (Fsp3) is 0.824. The minimum Gasteiger partial charge on any atom is -0.439 e. The molecule has 42 heavy (non-hydrogen) atoms. The van der Waals surface area contributed by atoms with E-state index in [-0.39, 0.29) is 36.6 Å². The molecule has 0 saturated heterocycles. The molecule has 2 unspecified atom stereocenters. The van der Waals surface area contributed by atoms with E-state index in [1.807, 2.05) is 0 Å². The Hall–Kier alpha value is -1.23. The number of hydrogen-bond acceptors (Lipinski definition) is 5. The maximum Gasteiger partial charge on any atom is 0.307 e. The Kier molecular flexibility index (Phi) is 25.4. The number of allylic oxidation sites excluding steroid dienone is 4. The molecule has 0 fully saturated rings. The normalized spacial score (nSPS) is 15.1. The Morgan fingerprint density at radius 1 is 0.929 bits per heavy atom. The zero-order chi connectivity index (χ0) is 31.6. The number of carbonyl (C=O) groups excluding carboxylic acids is 2. The Balaban J connectivity index is 5.46. The van der Waals surface area contributed by atoms with Gasteiger partial charge in [-0.15, -0.1) is 0 Å². The number of carbonyl (C=O) groups is 2. The van der Waals surface area contributed by atoms with Crippen molar-refractivity contribution in [2.45, 2.75) is 150 Å². The van der Waals surface area contributed by atoms with Gasteiger partial charge in [0.25, 0.3) is 0 Å². The Morgan fingerprint density at radius 2 is 1.69 bits per heavy atom. The molecule has 2 radical (unpaired) electrons. The van der Waals surface area contributed by atoms with Crippen molar-refractivity contribution < 1.29 is 23.2 Å². The number of esters is 1. The predicted molar refractivity (Wildman–Crippen MR) is 181 cm³/mol.